The number of hydrogen-bond acceptors (Lipinski definition) is 4. The van der Waals surface area contributed by atoms with Crippen molar-refractivity contribution in [3.05, 3.63) is 70.6 Å². The van der Waals surface area contributed by atoms with E-state index in [0.29, 0.717) is 34.7 Å². The largest absolute Gasteiger partial charge is 0.496 e. The smallest absolute Gasteiger partial charge is 0.276 e. The number of carbonyl (C=O) groups excluding carboxylic acids is 1. The fourth-order valence-electron chi connectivity index (χ4n) is 3.19. The van der Waals surface area contributed by atoms with Crippen molar-refractivity contribution in [1.82, 2.24) is 9.88 Å². The number of halogens is 1. The topological polar surface area (TPSA) is 55.6 Å². The van der Waals surface area contributed by atoms with Crippen LogP contribution >= 0.6 is 11.6 Å². The molecule has 0 spiro atoms. The Balaban J connectivity index is 1.62. The van der Waals surface area contributed by atoms with Crippen LogP contribution in [-0.2, 0) is 6.54 Å². The average Bonchev–Trinajstić information content (AvgIpc) is 3.46. The van der Waals surface area contributed by atoms with E-state index >= 15 is 0 Å². The fraction of sp³-hybridized carbons (Fsp3) is 0.273. The molecule has 1 aromatic heterocycles. The standard InChI is InChI=1S/C22H21ClN2O3/c1-25(13-16-12-17(23)10-11-18(16)27-2)22(26)19-20(14-8-9-14)28-21(24-19)15-6-4-3-5-7-15/h3-7,10-12,14H,8-9,13H2,1-2H3. The van der Waals surface area contributed by atoms with E-state index in [1.165, 1.54) is 0 Å². The van der Waals surface area contributed by atoms with Crippen LogP contribution in [0.2, 0.25) is 5.02 Å². The Morgan fingerprint density at radius 1 is 1.25 bits per heavy atom. The highest BCUT2D eigenvalue weighted by Crippen LogP contribution is 2.43. The monoisotopic (exact) mass is 396 g/mol. The molecule has 0 N–H and O–H groups in total. The van der Waals surface area contributed by atoms with Crippen molar-refractivity contribution < 1.29 is 13.9 Å². The molecule has 0 bridgehead atoms. The molecule has 0 aliphatic heterocycles. The van der Waals surface area contributed by atoms with Gasteiger partial charge in [0.1, 0.15) is 11.5 Å². The second-order valence-corrected chi connectivity index (χ2v) is 7.43. The van der Waals surface area contributed by atoms with Gasteiger partial charge in [0.05, 0.1) is 7.11 Å². The lowest BCUT2D eigenvalue weighted by molar-refractivity contribution is 0.0776. The molecule has 6 heteroatoms. The molecular weight excluding hydrogens is 376 g/mol. The molecule has 4 rings (SSSR count). The number of amides is 1. The first kappa shape index (κ1) is 18.6. The Kier molecular flexibility index (Phi) is 5.09. The molecule has 0 saturated heterocycles. The molecule has 2 aromatic carbocycles. The van der Waals surface area contributed by atoms with E-state index < -0.39 is 0 Å². The van der Waals surface area contributed by atoms with Crippen LogP contribution in [0.15, 0.2) is 52.9 Å². The van der Waals surface area contributed by atoms with Gasteiger partial charge < -0.3 is 14.1 Å². The number of aromatic nitrogens is 1. The SMILES string of the molecule is COc1ccc(Cl)cc1CN(C)C(=O)c1nc(-c2ccccc2)oc1C1CC1. The van der Waals surface area contributed by atoms with E-state index in [-0.39, 0.29) is 11.8 Å². The Morgan fingerprint density at radius 3 is 2.68 bits per heavy atom. The zero-order valence-electron chi connectivity index (χ0n) is 15.8. The molecular formula is C22H21ClN2O3. The summed E-state index contributed by atoms with van der Waals surface area (Å²) >= 11 is 6.11. The lowest BCUT2D eigenvalue weighted by atomic mass is 10.1. The summed E-state index contributed by atoms with van der Waals surface area (Å²) in [5.41, 5.74) is 2.10. The first-order chi connectivity index (χ1) is 13.6. The van der Waals surface area contributed by atoms with Gasteiger partial charge in [-0.05, 0) is 43.2 Å². The van der Waals surface area contributed by atoms with Gasteiger partial charge in [0.15, 0.2) is 5.69 Å². The number of nitrogens with zero attached hydrogens (tertiary/aromatic N) is 2. The summed E-state index contributed by atoms with van der Waals surface area (Å²) in [6, 6.07) is 15.0. The molecule has 1 aliphatic rings. The molecule has 0 atom stereocenters. The van der Waals surface area contributed by atoms with Crippen LogP contribution in [-0.4, -0.2) is 29.9 Å². The highest BCUT2D eigenvalue weighted by atomic mass is 35.5. The summed E-state index contributed by atoms with van der Waals surface area (Å²) in [5, 5.41) is 0.600. The summed E-state index contributed by atoms with van der Waals surface area (Å²) in [4.78, 5) is 19.3. The summed E-state index contributed by atoms with van der Waals surface area (Å²) in [6.45, 7) is 0.361. The van der Waals surface area contributed by atoms with Crippen molar-refractivity contribution >= 4 is 17.5 Å². The Bertz CT molecular complexity index is 996. The van der Waals surface area contributed by atoms with Gasteiger partial charge in [-0.2, -0.15) is 0 Å². The van der Waals surface area contributed by atoms with Gasteiger partial charge in [0.25, 0.3) is 5.91 Å². The van der Waals surface area contributed by atoms with E-state index in [4.69, 9.17) is 20.8 Å². The normalized spacial score (nSPS) is 13.4. The summed E-state index contributed by atoms with van der Waals surface area (Å²) in [5.74, 6) is 1.97. The predicted octanol–water partition coefficient (Wildman–Crippen LogP) is 5.15. The van der Waals surface area contributed by atoms with Crippen molar-refractivity contribution in [2.75, 3.05) is 14.2 Å². The van der Waals surface area contributed by atoms with Crippen LogP contribution in [0.25, 0.3) is 11.5 Å². The minimum atomic E-state index is -0.171. The number of benzene rings is 2. The molecule has 1 heterocycles. The van der Waals surface area contributed by atoms with E-state index in [1.54, 1.807) is 31.2 Å². The number of oxazole rings is 1. The van der Waals surface area contributed by atoms with Crippen LogP contribution in [0.1, 0.15) is 40.6 Å². The van der Waals surface area contributed by atoms with Crippen molar-refractivity contribution in [2.24, 2.45) is 0 Å². The fourth-order valence-corrected chi connectivity index (χ4v) is 3.39. The van der Waals surface area contributed by atoms with Crippen molar-refractivity contribution in [2.45, 2.75) is 25.3 Å². The minimum absolute atomic E-state index is 0.171. The first-order valence-electron chi connectivity index (χ1n) is 9.21. The average molecular weight is 397 g/mol. The number of carbonyl (C=O) groups is 1. The molecule has 1 amide bonds. The molecule has 3 aromatic rings. The number of hydrogen-bond donors (Lipinski definition) is 0. The molecule has 1 aliphatic carbocycles. The second kappa shape index (κ2) is 7.68. The molecule has 1 fully saturated rings. The third kappa shape index (κ3) is 3.76. The minimum Gasteiger partial charge on any atom is -0.496 e. The van der Waals surface area contributed by atoms with Crippen molar-refractivity contribution in [3.63, 3.8) is 0 Å². The van der Waals surface area contributed by atoms with E-state index in [0.717, 1.165) is 24.0 Å². The molecule has 144 valence electrons. The van der Waals surface area contributed by atoms with Crippen LogP contribution < -0.4 is 4.74 Å². The third-order valence-corrected chi connectivity index (χ3v) is 5.06. The van der Waals surface area contributed by atoms with Gasteiger partial charge in [-0.15, -0.1) is 0 Å². The highest BCUT2D eigenvalue weighted by Gasteiger charge is 2.35. The van der Waals surface area contributed by atoms with Gasteiger partial charge >= 0.3 is 0 Å². The first-order valence-corrected chi connectivity index (χ1v) is 9.58. The van der Waals surface area contributed by atoms with Crippen molar-refractivity contribution in [1.29, 1.82) is 0 Å². The van der Waals surface area contributed by atoms with Crippen LogP contribution in [0.4, 0.5) is 0 Å². The van der Waals surface area contributed by atoms with Gasteiger partial charge in [0, 0.05) is 35.7 Å². The van der Waals surface area contributed by atoms with E-state index in [2.05, 4.69) is 4.98 Å². The van der Waals surface area contributed by atoms with Gasteiger partial charge in [-0.1, -0.05) is 29.8 Å². The number of methoxy groups -OCH3 is 1. The summed E-state index contributed by atoms with van der Waals surface area (Å²) in [7, 11) is 3.35. The maximum absolute atomic E-state index is 13.2. The maximum atomic E-state index is 13.2. The van der Waals surface area contributed by atoms with E-state index in [1.807, 2.05) is 36.4 Å². The van der Waals surface area contributed by atoms with Gasteiger partial charge in [-0.3, -0.25) is 4.79 Å². The number of rotatable bonds is 6. The quantitative estimate of drug-likeness (QED) is 0.578. The summed E-state index contributed by atoms with van der Waals surface area (Å²) in [6.07, 6.45) is 2.05. The van der Waals surface area contributed by atoms with Crippen LogP contribution in [0.3, 0.4) is 0 Å². The summed E-state index contributed by atoms with van der Waals surface area (Å²) < 4.78 is 11.4. The number of ether oxygens (including phenoxy) is 1. The lowest BCUT2D eigenvalue weighted by Gasteiger charge is -2.18. The van der Waals surface area contributed by atoms with Crippen LogP contribution in [0, 0.1) is 0 Å². The zero-order valence-corrected chi connectivity index (χ0v) is 16.6. The zero-order chi connectivity index (χ0) is 19.7. The predicted molar refractivity (Wildman–Crippen MR) is 108 cm³/mol. The maximum Gasteiger partial charge on any atom is 0.276 e. The van der Waals surface area contributed by atoms with E-state index in [9.17, 15) is 4.79 Å². The Morgan fingerprint density at radius 2 is 2.00 bits per heavy atom. The molecule has 1 saturated carbocycles. The van der Waals surface area contributed by atoms with Crippen LogP contribution in [0.5, 0.6) is 5.75 Å². The Hall–Kier alpha value is -2.79. The van der Waals surface area contributed by atoms with Gasteiger partial charge in [0.2, 0.25) is 5.89 Å². The molecule has 0 unspecified atom stereocenters. The molecule has 28 heavy (non-hydrogen) atoms. The van der Waals surface area contributed by atoms with Gasteiger partial charge in [-0.25, -0.2) is 4.98 Å². The van der Waals surface area contributed by atoms with Crippen molar-refractivity contribution in [3.8, 4) is 17.2 Å². The molecule has 0 radical (unpaired) electrons. The highest BCUT2D eigenvalue weighted by molar-refractivity contribution is 6.30. The second-order valence-electron chi connectivity index (χ2n) is 6.99. The Labute approximate surface area is 168 Å². The third-order valence-electron chi connectivity index (χ3n) is 4.82. The molecule has 5 nitrogen and oxygen atoms in total. The lowest BCUT2D eigenvalue weighted by Crippen LogP contribution is -2.27.